The first-order valence-corrected chi connectivity index (χ1v) is 5.64. The number of aliphatic hydroxyl groups excluding tert-OH is 1. The van der Waals surface area contributed by atoms with E-state index in [0.29, 0.717) is 5.75 Å². The van der Waals surface area contributed by atoms with Gasteiger partial charge < -0.3 is 5.11 Å². The van der Waals surface area contributed by atoms with E-state index in [0.717, 1.165) is 11.8 Å². The summed E-state index contributed by atoms with van der Waals surface area (Å²) in [6.07, 6.45) is 0. The Kier molecular flexibility index (Phi) is 5.03. The highest BCUT2D eigenvalue weighted by Crippen LogP contribution is 2.11. The topological polar surface area (TPSA) is 37.3 Å². The average molecular weight is 238 g/mol. The van der Waals surface area contributed by atoms with Gasteiger partial charge in [-0.3, -0.25) is 4.79 Å². The molecular weight excluding hydrogens is 227 g/mol. The first kappa shape index (κ1) is 12.8. The molecule has 0 fully saturated rings. The maximum atomic E-state index is 13.5. The highest BCUT2D eigenvalue weighted by molar-refractivity contribution is 8.13. The van der Waals surface area contributed by atoms with E-state index >= 15 is 0 Å². The van der Waals surface area contributed by atoms with Gasteiger partial charge in [-0.1, -0.05) is 35.7 Å². The second-order valence-corrected chi connectivity index (χ2v) is 4.17. The molecule has 0 aliphatic carbocycles. The number of hydrogen-bond acceptors (Lipinski definition) is 3. The third-order valence-corrected chi connectivity index (χ3v) is 2.51. The van der Waals surface area contributed by atoms with E-state index in [1.165, 1.54) is 13.0 Å². The minimum absolute atomic E-state index is 0.0149. The largest absolute Gasteiger partial charge is 0.392 e. The van der Waals surface area contributed by atoms with Gasteiger partial charge in [0.05, 0.1) is 17.9 Å². The number of halogens is 1. The average Bonchev–Trinajstić information content (AvgIpc) is 2.26. The second kappa shape index (κ2) is 6.31. The quantitative estimate of drug-likeness (QED) is 0.800. The Hall–Kier alpha value is -1.31. The van der Waals surface area contributed by atoms with Gasteiger partial charge in [0.1, 0.15) is 5.82 Å². The standard InChI is InChI=1S/C12H11FO2S/c1-9(15)16-7-3-6-10-4-2-5-11(8-14)12(10)13/h2,4-5,14H,7-8H2,1H3. The predicted molar refractivity (Wildman–Crippen MR) is 62.3 cm³/mol. The number of hydrogen-bond donors (Lipinski definition) is 1. The van der Waals surface area contributed by atoms with Crippen LogP contribution in [-0.4, -0.2) is 16.0 Å². The van der Waals surface area contributed by atoms with Crippen molar-refractivity contribution in [2.24, 2.45) is 0 Å². The SMILES string of the molecule is CC(=O)SCC#Cc1cccc(CO)c1F. The summed E-state index contributed by atoms with van der Waals surface area (Å²) in [5.41, 5.74) is 0.474. The van der Waals surface area contributed by atoms with Crippen LogP contribution in [0.4, 0.5) is 4.39 Å². The number of carbonyl (C=O) groups is 1. The van der Waals surface area contributed by atoms with Crippen molar-refractivity contribution in [2.45, 2.75) is 13.5 Å². The number of thioether (sulfide) groups is 1. The molecule has 0 atom stereocenters. The molecule has 16 heavy (non-hydrogen) atoms. The van der Waals surface area contributed by atoms with Crippen LogP contribution in [0.3, 0.4) is 0 Å². The van der Waals surface area contributed by atoms with Gasteiger partial charge in [-0.05, 0) is 6.07 Å². The monoisotopic (exact) mass is 238 g/mol. The van der Waals surface area contributed by atoms with Gasteiger partial charge in [-0.25, -0.2) is 4.39 Å². The number of carbonyl (C=O) groups excluding carboxylic acids is 1. The molecule has 1 rings (SSSR count). The summed E-state index contributed by atoms with van der Waals surface area (Å²) in [4.78, 5) is 10.6. The molecule has 0 radical (unpaired) electrons. The molecule has 0 aromatic heterocycles. The summed E-state index contributed by atoms with van der Waals surface area (Å²) in [7, 11) is 0. The molecule has 1 N–H and O–H groups in total. The molecular formula is C12H11FO2S. The molecule has 0 aliphatic rings. The predicted octanol–water partition coefficient (Wildman–Crippen LogP) is 1.95. The van der Waals surface area contributed by atoms with Crippen LogP contribution in [0.2, 0.25) is 0 Å². The fourth-order valence-electron chi connectivity index (χ4n) is 1.07. The van der Waals surface area contributed by atoms with Crippen LogP contribution in [0.15, 0.2) is 18.2 Å². The zero-order valence-electron chi connectivity index (χ0n) is 8.79. The molecule has 4 heteroatoms. The van der Waals surface area contributed by atoms with Crippen LogP contribution in [0.1, 0.15) is 18.1 Å². The van der Waals surface area contributed by atoms with Crippen LogP contribution < -0.4 is 0 Å². The van der Waals surface area contributed by atoms with Gasteiger partial charge in [-0.15, -0.1) is 0 Å². The molecule has 84 valence electrons. The molecule has 1 aromatic rings. The van der Waals surface area contributed by atoms with E-state index < -0.39 is 5.82 Å². The van der Waals surface area contributed by atoms with E-state index in [9.17, 15) is 9.18 Å². The first-order valence-electron chi connectivity index (χ1n) is 4.65. The second-order valence-electron chi connectivity index (χ2n) is 3.02. The van der Waals surface area contributed by atoms with Crippen LogP contribution in [0.25, 0.3) is 0 Å². The summed E-state index contributed by atoms with van der Waals surface area (Å²) in [5.74, 6) is 5.18. The van der Waals surface area contributed by atoms with E-state index in [1.807, 2.05) is 0 Å². The maximum absolute atomic E-state index is 13.5. The van der Waals surface area contributed by atoms with Crippen molar-refractivity contribution in [2.75, 3.05) is 5.75 Å². The van der Waals surface area contributed by atoms with Gasteiger partial charge in [0, 0.05) is 12.5 Å². The van der Waals surface area contributed by atoms with Gasteiger partial charge >= 0.3 is 0 Å². The van der Waals surface area contributed by atoms with Crippen molar-refractivity contribution in [3.05, 3.63) is 35.1 Å². The Morgan fingerprint density at radius 1 is 1.56 bits per heavy atom. The van der Waals surface area contributed by atoms with Crippen molar-refractivity contribution < 1.29 is 14.3 Å². The summed E-state index contributed by atoms with van der Waals surface area (Å²) in [6.45, 7) is 1.11. The summed E-state index contributed by atoms with van der Waals surface area (Å²) in [6, 6.07) is 4.68. The fraction of sp³-hybridized carbons (Fsp3) is 0.250. The molecule has 2 nitrogen and oxygen atoms in total. The van der Waals surface area contributed by atoms with E-state index in [-0.39, 0.29) is 22.8 Å². The third kappa shape index (κ3) is 3.69. The Balaban J connectivity index is 2.77. The highest BCUT2D eigenvalue weighted by atomic mass is 32.2. The zero-order chi connectivity index (χ0) is 12.0. The van der Waals surface area contributed by atoms with Gasteiger partial charge in [-0.2, -0.15) is 0 Å². The summed E-state index contributed by atoms with van der Waals surface area (Å²) < 4.78 is 13.5. The molecule has 0 spiro atoms. The third-order valence-electron chi connectivity index (χ3n) is 1.82. The lowest BCUT2D eigenvalue weighted by molar-refractivity contribution is -0.109. The smallest absolute Gasteiger partial charge is 0.186 e. The number of aliphatic hydroxyl groups is 1. The molecule has 0 aliphatic heterocycles. The van der Waals surface area contributed by atoms with Crippen LogP contribution in [0.5, 0.6) is 0 Å². The lowest BCUT2D eigenvalue weighted by Crippen LogP contribution is -1.93. The minimum atomic E-state index is -0.495. The molecule has 0 bridgehead atoms. The first-order chi connectivity index (χ1) is 7.65. The fourth-order valence-corrected chi connectivity index (χ4v) is 1.42. The molecule has 1 aromatic carbocycles. The highest BCUT2D eigenvalue weighted by Gasteiger charge is 2.04. The van der Waals surface area contributed by atoms with Crippen LogP contribution in [0, 0.1) is 17.7 Å². The van der Waals surface area contributed by atoms with Crippen molar-refractivity contribution in [3.8, 4) is 11.8 Å². The maximum Gasteiger partial charge on any atom is 0.186 e. The minimum Gasteiger partial charge on any atom is -0.392 e. The summed E-state index contributed by atoms with van der Waals surface area (Å²) in [5, 5.41) is 8.84. The lowest BCUT2D eigenvalue weighted by Gasteiger charge is -1.99. The Morgan fingerprint density at radius 2 is 2.31 bits per heavy atom. The van der Waals surface area contributed by atoms with Crippen LogP contribution >= 0.6 is 11.8 Å². The van der Waals surface area contributed by atoms with Gasteiger partial charge in [0.25, 0.3) is 0 Å². The molecule has 0 saturated carbocycles. The van der Waals surface area contributed by atoms with E-state index in [4.69, 9.17) is 5.11 Å². The van der Waals surface area contributed by atoms with Crippen molar-refractivity contribution in [3.63, 3.8) is 0 Å². The molecule has 0 heterocycles. The molecule has 0 unspecified atom stereocenters. The Bertz CT molecular complexity index is 446. The lowest BCUT2D eigenvalue weighted by atomic mass is 10.1. The molecule has 0 amide bonds. The zero-order valence-corrected chi connectivity index (χ0v) is 9.60. The van der Waals surface area contributed by atoms with Crippen molar-refractivity contribution in [1.82, 2.24) is 0 Å². The van der Waals surface area contributed by atoms with Gasteiger partial charge in [0.2, 0.25) is 0 Å². The van der Waals surface area contributed by atoms with Crippen LogP contribution in [-0.2, 0) is 11.4 Å². The molecule has 0 saturated heterocycles. The Morgan fingerprint density at radius 3 is 2.94 bits per heavy atom. The normalized spacial score (nSPS) is 9.44. The van der Waals surface area contributed by atoms with Crippen molar-refractivity contribution in [1.29, 1.82) is 0 Å². The summed E-state index contributed by atoms with van der Waals surface area (Å²) >= 11 is 1.08. The number of benzene rings is 1. The Labute approximate surface area is 97.9 Å². The van der Waals surface area contributed by atoms with Crippen molar-refractivity contribution >= 4 is 16.9 Å². The number of rotatable bonds is 2. The van der Waals surface area contributed by atoms with Gasteiger partial charge in [0.15, 0.2) is 5.12 Å². The van der Waals surface area contributed by atoms with E-state index in [1.54, 1.807) is 12.1 Å². The van der Waals surface area contributed by atoms with E-state index in [2.05, 4.69) is 11.8 Å².